The highest BCUT2D eigenvalue weighted by Crippen LogP contribution is 1.84. The molecular formula is C6H12N2O4. The first-order valence-electron chi connectivity index (χ1n) is 3.38. The van der Waals surface area contributed by atoms with Crippen molar-refractivity contribution in [3.63, 3.8) is 0 Å². The van der Waals surface area contributed by atoms with E-state index in [1.54, 1.807) is 0 Å². The van der Waals surface area contributed by atoms with Gasteiger partial charge in [-0.1, -0.05) is 0 Å². The molecule has 0 aromatic carbocycles. The van der Waals surface area contributed by atoms with Gasteiger partial charge in [-0.25, -0.2) is 4.79 Å². The minimum Gasteiger partial charge on any atom is -0.480 e. The first kappa shape index (κ1) is 10.9. The summed E-state index contributed by atoms with van der Waals surface area (Å²) in [5.74, 6) is -1.89. The fourth-order valence-corrected chi connectivity index (χ4v) is 0.489. The summed E-state index contributed by atoms with van der Waals surface area (Å²) in [7, 11) is 0. The minimum atomic E-state index is -1.29. The van der Waals surface area contributed by atoms with Crippen LogP contribution in [0.3, 0.4) is 0 Å². The zero-order valence-corrected chi connectivity index (χ0v) is 6.65. The summed E-state index contributed by atoms with van der Waals surface area (Å²) in [6, 6.07) is -2.05. The Labute approximate surface area is 69.4 Å². The standard InChI is InChI=1S/C6H12N2O4/c1-3(7)5(10)8-4(2-9)6(11)12/h3-4,9H,2,7H2,1H3,(H,8,10)(H,11,12)/t3-,4?/m1/s1. The van der Waals surface area contributed by atoms with Gasteiger partial charge in [0.1, 0.15) is 6.04 Å². The van der Waals surface area contributed by atoms with Crippen molar-refractivity contribution < 1.29 is 19.8 Å². The van der Waals surface area contributed by atoms with E-state index >= 15 is 0 Å². The molecule has 0 aliphatic rings. The van der Waals surface area contributed by atoms with Gasteiger partial charge in [0.2, 0.25) is 5.91 Å². The predicted octanol–water partition coefficient (Wildman–Crippen LogP) is -2.10. The van der Waals surface area contributed by atoms with Gasteiger partial charge in [0.15, 0.2) is 0 Å². The third-order valence-corrected chi connectivity index (χ3v) is 1.21. The number of nitrogens with two attached hydrogens (primary N) is 1. The molecule has 0 aliphatic heterocycles. The molecule has 0 aromatic rings. The number of amides is 1. The van der Waals surface area contributed by atoms with Crippen LogP contribution in [-0.4, -0.2) is 40.8 Å². The molecule has 0 saturated heterocycles. The summed E-state index contributed by atoms with van der Waals surface area (Å²) in [4.78, 5) is 21.1. The van der Waals surface area contributed by atoms with E-state index in [1.165, 1.54) is 6.92 Å². The predicted molar refractivity (Wildman–Crippen MR) is 40.3 cm³/mol. The van der Waals surface area contributed by atoms with E-state index in [0.717, 1.165) is 0 Å². The normalized spacial score (nSPS) is 14.9. The molecule has 0 spiro atoms. The second kappa shape index (κ2) is 4.68. The Morgan fingerprint density at radius 1 is 1.58 bits per heavy atom. The fraction of sp³-hybridized carbons (Fsp3) is 0.667. The van der Waals surface area contributed by atoms with E-state index in [2.05, 4.69) is 5.32 Å². The number of nitrogens with one attached hydrogen (secondary N) is 1. The highest BCUT2D eigenvalue weighted by molar-refractivity contribution is 5.86. The van der Waals surface area contributed by atoms with Gasteiger partial charge in [0, 0.05) is 0 Å². The summed E-state index contributed by atoms with van der Waals surface area (Å²) in [6.45, 7) is 0.777. The van der Waals surface area contributed by atoms with Gasteiger partial charge in [-0.3, -0.25) is 4.79 Å². The number of aliphatic hydroxyl groups excluding tert-OH is 1. The van der Waals surface area contributed by atoms with Gasteiger partial charge in [-0.05, 0) is 6.92 Å². The third-order valence-electron chi connectivity index (χ3n) is 1.21. The molecule has 0 heterocycles. The zero-order valence-electron chi connectivity index (χ0n) is 6.65. The van der Waals surface area contributed by atoms with E-state index in [-0.39, 0.29) is 0 Å². The van der Waals surface area contributed by atoms with Crippen molar-refractivity contribution >= 4 is 11.9 Å². The first-order valence-corrected chi connectivity index (χ1v) is 3.38. The number of carboxylic acid groups (broad SMARTS) is 1. The van der Waals surface area contributed by atoms with Crippen molar-refractivity contribution in [3.05, 3.63) is 0 Å². The van der Waals surface area contributed by atoms with Gasteiger partial charge in [0.25, 0.3) is 0 Å². The molecule has 6 heteroatoms. The molecule has 0 aliphatic carbocycles. The maximum absolute atomic E-state index is 10.8. The summed E-state index contributed by atoms with van der Waals surface area (Å²) in [5, 5.41) is 18.9. The molecule has 5 N–H and O–H groups in total. The van der Waals surface area contributed by atoms with Crippen LogP contribution in [0.5, 0.6) is 0 Å². The monoisotopic (exact) mass is 176 g/mol. The van der Waals surface area contributed by atoms with Crippen LogP contribution < -0.4 is 11.1 Å². The Morgan fingerprint density at radius 3 is 2.33 bits per heavy atom. The summed E-state index contributed by atoms with van der Waals surface area (Å²) >= 11 is 0. The Balaban J connectivity index is 4.03. The lowest BCUT2D eigenvalue weighted by Crippen LogP contribution is -2.48. The van der Waals surface area contributed by atoms with E-state index in [9.17, 15) is 9.59 Å². The summed E-state index contributed by atoms with van der Waals surface area (Å²) in [6.07, 6.45) is 0. The first-order chi connectivity index (χ1) is 5.49. The largest absolute Gasteiger partial charge is 0.480 e. The lowest BCUT2D eigenvalue weighted by atomic mass is 10.2. The number of carbonyl (C=O) groups excluding carboxylic acids is 1. The third kappa shape index (κ3) is 3.31. The molecule has 1 amide bonds. The van der Waals surface area contributed by atoms with E-state index in [1.807, 2.05) is 0 Å². The van der Waals surface area contributed by atoms with Gasteiger partial charge in [-0.15, -0.1) is 0 Å². The van der Waals surface area contributed by atoms with Crippen molar-refractivity contribution in [1.82, 2.24) is 5.32 Å². The molecule has 2 atom stereocenters. The number of aliphatic carboxylic acids is 1. The number of carboxylic acids is 1. The summed E-state index contributed by atoms with van der Waals surface area (Å²) < 4.78 is 0. The molecule has 0 bridgehead atoms. The Hall–Kier alpha value is -1.14. The molecule has 0 saturated carbocycles. The topological polar surface area (TPSA) is 113 Å². The quantitative estimate of drug-likeness (QED) is 0.392. The number of rotatable bonds is 4. The van der Waals surface area contributed by atoms with Crippen LogP contribution in [0.2, 0.25) is 0 Å². The molecule has 6 nitrogen and oxygen atoms in total. The molecule has 0 fully saturated rings. The smallest absolute Gasteiger partial charge is 0.328 e. The van der Waals surface area contributed by atoms with E-state index in [4.69, 9.17) is 15.9 Å². The van der Waals surface area contributed by atoms with Crippen LogP contribution in [0.4, 0.5) is 0 Å². The average molecular weight is 176 g/mol. The molecule has 12 heavy (non-hydrogen) atoms. The number of hydrogen-bond acceptors (Lipinski definition) is 4. The number of carbonyl (C=O) groups is 2. The molecule has 0 aromatic heterocycles. The van der Waals surface area contributed by atoms with Crippen molar-refractivity contribution in [2.24, 2.45) is 5.73 Å². The second-order valence-electron chi connectivity index (χ2n) is 2.37. The zero-order chi connectivity index (χ0) is 9.72. The second-order valence-corrected chi connectivity index (χ2v) is 2.37. The lowest BCUT2D eigenvalue weighted by molar-refractivity contribution is -0.143. The van der Waals surface area contributed by atoms with Crippen molar-refractivity contribution in [1.29, 1.82) is 0 Å². The highest BCUT2D eigenvalue weighted by atomic mass is 16.4. The Kier molecular flexibility index (Phi) is 4.24. The van der Waals surface area contributed by atoms with Gasteiger partial charge in [-0.2, -0.15) is 0 Å². The van der Waals surface area contributed by atoms with Gasteiger partial charge >= 0.3 is 5.97 Å². The van der Waals surface area contributed by atoms with Crippen LogP contribution in [0.25, 0.3) is 0 Å². The van der Waals surface area contributed by atoms with Crippen LogP contribution in [0.15, 0.2) is 0 Å². The van der Waals surface area contributed by atoms with Crippen molar-refractivity contribution in [3.8, 4) is 0 Å². The maximum Gasteiger partial charge on any atom is 0.328 e. The lowest BCUT2D eigenvalue weighted by Gasteiger charge is -2.12. The SMILES string of the molecule is C[C@@H](N)C(=O)NC(CO)C(=O)O. The maximum atomic E-state index is 10.8. The molecule has 1 unspecified atom stereocenters. The van der Waals surface area contributed by atoms with Gasteiger partial charge < -0.3 is 21.3 Å². The Morgan fingerprint density at radius 2 is 2.08 bits per heavy atom. The van der Waals surface area contributed by atoms with Crippen LogP contribution in [-0.2, 0) is 9.59 Å². The number of hydrogen-bond donors (Lipinski definition) is 4. The van der Waals surface area contributed by atoms with E-state index < -0.39 is 30.6 Å². The van der Waals surface area contributed by atoms with Gasteiger partial charge in [0.05, 0.1) is 12.6 Å². The molecule has 0 rings (SSSR count). The van der Waals surface area contributed by atoms with Crippen LogP contribution >= 0.6 is 0 Å². The van der Waals surface area contributed by atoms with Crippen molar-refractivity contribution in [2.45, 2.75) is 19.0 Å². The van der Waals surface area contributed by atoms with Crippen molar-refractivity contribution in [2.75, 3.05) is 6.61 Å². The van der Waals surface area contributed by atoms with E-state index in [0.29, 0.717) is 0 Å². The number of aliphatic hydroxyl groups is 1. The van der Waals surface area contributed by atoms with Crippen LogP contribution in [0.1, 0.15) is 6.92 Å². The fourth-order valence-electron chi connectivity index (χ4n) is 0.489. The average Bonchev–Trinajstić information content (AvgIpc) is 1.98. The molecule has 0 radical (unpaired) electrons. The molecule has 70 valence electrons. The summed E-state index contributed by atoms with van der Waals surface area (Å²) in [5.41, 5.74) is 5.15. The highest BCUT2D eigenvalue weighted by Gasteiger charge is 2.19. The molecular weight excluding hydrogens is 164 g/mol. The van der Waals surface area contributed by atoms with Crippen LogP contribution in [0, 0.1) is 0 Å². The minimum absolute atomic E-state index is 0.601. The Bertz CT molecular complexity index is 180.